The van der Waals surface area contributed by atoms with Crippen LogP contribution >= 0.6 is 11.6 Å². The summed E-state index contributed by atoms with van der Waals surface area (Å²) in [6.45, 7) is 0. The van der Waals surface area contributed by atoms with Crippen molar-refractivity contribution in [2.75, 3.05) is 0 Å². The molecule has 2 aromatic carbocycles. The fraction of sp³-hybridized carbons (Fsp3) is 0.0769. The van der Waals surface area contributed by atoms with Gasteiger partial charge >= 0.3 is 0 Å². The van der Waals surface area contributed by atoms with Crippen molar-refractivity contribution >= 4 is 11.6 Å². The normalized spacial score (nSPS) is 12.5. The summed E-state index contributed by atoms with van der Waals surface area (Å²) in [5.74, 6) is -2.49. The molecule has 0 aliphatic rings. The molecule has 0 radical (unpaired) electrons. The molecule has 1 N–H and O–H groups in total. The van der Waals surface area contributed by atoms with Crippen LogP contribution in [0.25, 0.3) is 0 Å². The summed E-state index contributed by atoms with van der Waals surface area (Å²) in [6.07, 6.45) is -1.61. The standard InChI is InChI=1S/C13H8ClF3O/c14-8-4-7(5-9(15)6-8)13(18)12-10(16)2-1-3-11(12)17/h1-6,13,18H. The molecule has 1 unspecified atom stereocenters. The maximum Gasteiger partial charge on any atom is 0.132 e. The number of hydrogen-bond donors (Lipinski definition) is 1. The van der Waals surface area contributed by atoms with Gasteiger partial charge in [-0.05, 0) is 35.9 Å². The molecule has 0 aliphatic heterocycles. The smallest absolute Gasteiger partial charge is 0.132 e. The van der Waals surface area contributed by atoms with Crippen molar-refractivity contribution in [2.45, 2.75) is 6.10 Å². The Balaban J connectivity index is 2.51. The van der Waals surface area contributed by atoms with E-state index in [1.807, 2.05) is 0 Å². The van der Waals surface area contributed by atoms with Gasteiger partial charge < -0.3 is 5.11 Å². The fourth-order valence-corrected chi connectivity index (χ4v) is 1.90. The van der Waals surface area contributed by atoms with Crippen LogP contribution in [0.3, 0.4) is 0 Å². The van der Waals surface area contributed by atoms with Gasteiger partial charge in [0, 0.05) is 5.02 Å². The van der Waals surface area contributed by atoms with E-state index in [1.165, 1.54) is 12.1 Å². The molecule has 5 heteroatoms. The molecular formula is C13H8ClF3O. The van der Waals surface area contributed by atoms with Gasteiger partial charge in [-0.15, -0.1) is 0 Å². The van der Waals surface area contributed by atoms with E-state index < -0.39 is 29.1 Å². The Morgan fingerprint density at radius 2 is 1.61 bits per heavy atom. The molecule has 0 aromatic heterocycles. The fourth-order valence-electron chi connectivity index (χ4n) is 1.67. The van der Waals surface area contributed by atoms with Gasteiger partial charge in [0.1, 0.15) is 23.6 Å². The minimum Gasteiger partial charge on any atom is -0.383 e. The molecule has 0 saturated carbocycles. The van der Waals surface area contributed by atoms with E-state index >= 15 is 0 Å². The first-order valence-electron chi connectivity index (χ1n) is 5.07. The number of benzene rings is 2. The van der Waals surface area contributed by atoms with Crippen LogP contribution in [0.2, 0.25) is 5.02 Å². The Labute approximate surface area is 106 Å². The highest BCUT2D eigenvalue weighted by Crippen LogP contribution is 2.28. The molecule has 2 aromatic rings. The zero-order valence-electron chi connectivity index (χ0n) is 9.00. The highest BCUT2D eigenvalue weighted by Gasteiger charge is 2.20. The molecular weight excluding hydrogens is 265 g/mol. The molecule has 0 heterocycles. The second kappa shape index (κ2) is 5.00. The number of rotatable bonds is 2. The van der Waals surface area contributed by atoms with E-state index in [1.54, 1.807) is 0 Å². The number of aliphatic hydroxyl groups is 1. The zero-order valence-corrected chi connectivity index (χ0v) is 9.76. The Kier molecular flexibility index (Phi) is 3.59. The maximum atomic E-state index is 13.5. The summed E-state index contributed by atoms with van der Waals surface area (Å²) >= 11 is 5.62. The van der Waals surface area contributed by atoms with Crippen LogP contribution in [0.15, 0.2) is 36.4 Å². The van der Waals surface area contributed by atoms with Crippen LogP contribution in [0.4, 0.5) is 13.2 Å². The van der Waals surface area contributed by atoms with Gasteiger partial charge in [0.2, 0.25) is 0 Å². The highest BCUT2D eigenvalue weighted by atomic mass is 35.5. The number of hydrogen-bond acceptors (Lipinski definition) is 1. The lowest BCUT2D eigenvalue weighted by molar-refractivity contribution is 0.208. The van der Waals surface area contributed by atoms with Gasteiger partial charge in [-0.25, -0.2) is 13.2 Å². The average molecular weight is 273 g/mol. The molecule has 94 valence electrons. The van der Waals surface area contributed by atoms with E-state index in [4.69, 9.17) is 11.6 Å². The first-order valence-corrected chi connectivity index (χ1v) is 5.45. The van der Waals surface area contributed by atoms with E-state index in [9.17, 15) is 18.3 Å². The molecule has 0 amide bonds. The molecule has 0 saturated heterocycles. The predicted molar refractivity (Wildman–Crippen MR) is 61.8 cm³/mol. The van der Waals surface area contributed by atoms with Crippen LogP contribution in [0.5, 0.6) is 0 Å². The number of halogens is 4. The van der Waals surface area contributed by atoms with Gasteiger partial charge in [0.25, 0.3) is 0 Å². The van der Waals surface area contributed by atoms with Crippen molar-refractivity contribution < 1.29 is 18.3 Å². The highest BCUT2D eigenvalue weighted by molar-refractivity contribution is 6.30. The molecule has 2 rings (SSSR count). The molecule has 18 heavy (non-hydrogen) atoms. The third-order valence-electron chi connectivity index (χ3n) is 2.47. The van der Waals surface area contributed by atoms with E-state index in [2.05, 4.69) is 0 Å². The van der Waals surface area contributed by atoms with Gasteiger partial charge in [-0.2, -0.15) is 0 Å². The van der Waals surface area contributed by atoms with Crippen LogP contribution in [0.1, 0.15) is 17.2 Å². The molecule has 1 nitrogen and oxygen atoms in total. The molecule has 1 atom stereocenters. The maximum absolute atomic E-state index is 13.5. The predicted octanol–water partition coefficient (Wildman–Crippen LogP) is 3.84. The van der Waals surface area contributed by atoms with Crippen molar-refractivity contribution in [1.82, 2.24) is 0 Å². The minimum absolute atomic E-state index is 0.0102. The van der Waals surface area contributed by atoms with Crippen LogP contribution in [-0.2, 0) is 0 Å². The van der Waals surface area contributed by atoms with Crippen molar-refractivity contribution in [2.24, 2.45) is 0 Å². The van der Waals surface area contributed by atoms with Crippen LogP contribution in [-0.4, -0.2) is 5.11 Å². The van der Waals surface area contributed by atoms with E-state index in [-0.39, 0.29) is 10.6 Å². The van der Waals surface area contributed by atoms with Gasteiger partial charge in [0.15, 0.2) is 0 Å². The van der Waals surface area contributed by atoms with Crippen LogP contribution in [0, 0.1) is 17.5 Å². The molecule has 0 bridgehead atoms. The van der Waals surface area contributed by atoms with Gasteiger partial charge in [-0.3, -0.25) is 0 Å². The summed E-state index contributed by atoms with van der Waals surface area (Å²) in [5.41, 5.74) is -0.539. The van der Waals surface area contributed by atoms with E-state index in [0.29, 0.717) is 0 Å². The summed E-state index contributed by atoms with van der Waals surface area (Å²) < 4.78 is 40.0. The summed E-state index contributed by atoms with van der Waals surface area (Å²) in [5, 5.41) is 9.94. The Hall–Kier alpha value is -1.52. The average Bonchev–Trinajstić information content (AvgIpc) is 2.27. The molecule has 0 aliphatic carbocycles. The zero-order chi connectivity index (χ0) is 13.3. The van der Waals surface area contributed by atoms with Crippen LogP contribution < -0.4 is 0 Å². The second-order valence-electron chi connectivity index (χ2n) is 3.74. The summed E-state index contributed by atoms with van der Waals surface area (Å²) in [7, 11) is 0. The van der Waals surface area contributed by atoms with Crippen molar-refractivity contribution in [3.8, 4) is 0 Å². The molecule has 0 spiro atoms. The monoisotopic (exact) mass is 272 g/mol. The van der Waals surface area contributed by atoms with E-state index in [0.717, 1.165) is 24.3 Å². The Morgan fingerprint density at radius 3 is 2.17 bits per heavy atom. The lowest BCUT2D eigenvalue weighted by atomic mass is 10.0. The van der Waals surface area contributed by atoms with Crippen molar-refractivity contribution in [3.63, 3.8) is 0 Å². The Bertz CT molecular complexity index is 546. The van der Waals surface area contributed by atoms with Crippen molar-refractivity contribution in [3.05, 3.63) is 70.0 Å². The summed E-state index contributed by atoms with van der Waals surface area (Å²) in [4.78, 5) is 0. The lowest BCUT2D eigenvalue weighted by Crippen LogP contribution is -2.06. The second-order valence-corrected chi connectivity index (χ2v) is 4.18. The Morgan fingerprint density at radius 1 is 1.00 bits per heavy atom. The van der Waals surface area contributed by atoms with Gasteiger partial charge in [-0.1, -0.05) is 17.7 Å². The third-order valence-corrected chi connectivity index (χ3v) is 2.69. The van der Waals surface area contributed by atoms with Gasteiger partial charge in [0.05, 0.1) is 5.56 Å². The quantitative estimate of drug-likeness (QED) is 0.881. The third kappa shape index (κ3) is 2.49. The number of aliphatic hydroxyl groups excluding tert-OH is 1. The first-order chi connectivity index (χ1) is 8.49. The minimum atomic E-state index is -1.61. The lowest BCUT2D eigenvalue weighted by Gasteiger charge is -2.13. The van der Waals surface area contributed by atoms with Crippen molar-refractivity contribution in [1.29, 1.82) is 0 Å². The topological polar surface area (TPSA) is 20.2 Å². The molecule has 0 fully saturated rings. The SMILES string of the molecule is OC(c1cc(F)cc(Cl)c1)c1c(F)cccc1F. The first kappa shape index (κ1) is 12.9. The summed E-state index contributed by atoms with van der Waals surface area (Å²) in [6, 6.07) is 6.48. The largest absolute Gasteiger partial charge is 0.383 e.